The van der Waals surface area contributed by atoms with E-state index in [4.69, 9.17) is 92.8 Å². The minimum absolute atomic E-state index is 0. The van der Waals surface area contributed by atoms with Gasteiger partial charge in [-0.15, -0.1) is 11.6 Å². The molecule has 0 aliphatic carbocycles. The molecule has 4 aromatic carbocycles. The molecule has 0 saturated carbocycles. The van der Waals surface area contributed by atoms with Gasteiger partial charge in [-0.2, -0.15) is 0 Å². The predicted octanol–water partition coefficient (Wildman–Crippen LogP) is 13.1. The molecule has 8 rings (SSSR count). The van der Waals surface area contributed by atoms with Crippen LogP contribution in [-0.4, -0.2) is 136 Å². The first-order valence-electron chi connectivity index (χ1n) is 22.9. The summed E-state index contributed by atoms with van der Waals surface area (Å²) in [7, 11) is 3.89. The Morgan fingerprint density at radius 3 is 1.35 bits per heavy atom. The normalized spacial score (nSPS) is 19.4. The molecule has 4 saturated heterocycles. The van der Waals surface area contributed by atoms with Crippen LogP contribution in [0.4, 0.5) is 11.4 Å². The van der Waals surface area contributed by atoms with Crippen LogP contribution in [0.5, 0.6) is 0 Å². The van der Waals surface area contributed by atoms with E-state index in [1.54, 1.807) is 0 Å². The molecule has 9 nitrogen and oxygen atoms in total. The first kappa shape index (κ1) is 59.3. The summed E-state index contributed by atoms with van der Waals surface area (Å²) < 4.78 is 0. The van der Waals surface area contributed by atoms with Crippen LogP contribution in [0.15, 0.2) is 84.9 Å². The molecule has 380 valence electrons. The monoisotopic (exact) mass is 1100 g/mol. The van der Waals surface area contributed by atoms with Gasteiger partial charge in [-0.3, -0.25) is 19.4 Å². The summed E-state index contributed by atoms with van der Waals surface area (Å²) in [6, 6.07) is 28.3. The number of amides is 1. The third-order valence-electron chi connectivity index (χ3n) is 12.9. The lowest BCUT2D eigenvalue weighted by Crippen LogP contribution is -2.51. The number of likely N-dealkylation sites (N-methyl/N-ethyl adjacent to an activating group) is 1. The van der Waals surface area contributed by atoms with Gasteiger partial charge in [0.2, 0.25) is 11.1 Å². The molecule has 0 bridgehead atoms. The minimum Gasteiger partial charge on any atom is -0.361 e. The number of anilines is 2. The molecule has 4 fully saturated rings. The zero-order chi connectivity index (χ0) is 48.0. The number of carbonyl (C=O) groups excluding carboxylic acids is 2. The number of rotatable bonds is 11. The van der Waals surface area contributed by atoms with Gasteiger partial charge in [0.15, 0.2) is 0 Å². The highest BCUT2D eigenvalue weighted by Gasteiger charge is 2.33. The Labute approximate surface area is 452 Å². The summed E-state index contributed by atoms with van der Waals surface area (Å²) >= 11 is 47.3. The maximum absolute atomic E-state index is 12.4. The summed E-state index contributed by atoms with van der Waals surface area (Å²) in [5.41, 5.74) is 4.56. The van der Waals surface area contributed by atoms with Crippen LogP contribution in [0.25, 0.3) is 0 Å². The second-order valence-electron chi connectivity index (χ2n) is 18.0. The number of benzene rings is 4. The van der Waals surface area contributed by atoms with Crippen LogP contribution in [0.3, 0.4) is 0 Å². The van der Waals surface area contributed by atoms with E-state index in [0.717, 1.165) is 112 Å². The van der Waals surface area contributed by atoms with Crippen molar-refractivity contribution >= 4 is 115 Å². The quantitative estimate of drug-likeness (QED) is 0.118. The van der Waals surface area contributed by atoms with Crippen molar-refractivity contribution in [2.45, 2.75) is 52.6 Å². The fourth-order valence-corrected chi connectivity index (χ4v) is 10.8. The van der Waals surface area contributed by atoms with E-state index in [9.17, 15) is 9.59 Å². The average molecular weight is 1110 g/mol. The number of likely N-dealkylation sites (tertiary alicyclic amines) is 1. The molecule has 0 aromatic heterocycles. The lowest BCUT2D eigenvalue weighted by molar-refractivity contribution is -0.133. The van der Waals surface area contributed by atoms with Crippen LogP contribution >= 0.6 is 92.8 Å². The van der Waals surface area contributed by atoms with Crippen molar-refractivity contribution < 1.29 is 9.59 Å². The second-order valence-corrected chi connectivity index (χ2v) is 21.2. The SMILES string of the molecule is C.C.CN(C)CC(=O)N1CCC(CN2CCN(c3ccc(Cl)cc3Cl)[C@H](c3ccc(Cl)cc3)C2)CC1.Clc1ccc([C@@H]2CN(CC3CCNCC3)CCN2c2ccc(Cl)cc2Cl)cc1.O=C(Cl)CCl. The number of hydrogen-bond donors (Lipinski definition) is 1. The highest BCUT2D eigenvalue weighted by Crippen LogP contribution is 2.39. The summed E-state index contributed by atoms with van der Waals surface area (Å²) in [5, 5.41) is 7.16. The van der Waals surface area contributed by atoms with Gasteiger partial charge < -0.3 is 24.9 Å². The fourth-order valence-electron chi connectivity index (χ4n) is 9.49. The largest absolute Gasteiger partial charge is 0.361 e. The van der Waals surface area contributed by atoms with Crippen molar-refractivity contribution in [1.82, 2.24) is 24.9 Å². The summed E-state index contributed by atoms with van der Waals surface area (Å²) in [4.78, 5) is 35.8. The zero-order valence-corrected chi connectivity index (χ0v) is 44.2. The van der Waals surface area contributed by atoms with Crippen LogP contribution in [-0.2, 0) is 9.59 Å². The van der Waals surface area contributed by atoms with Crippen LogP contribution in [0.1, 0.15) is 63.7 Å². The third-order valence-corrected chi connectivity index (χ3v) is 15.0. The van der Waals surface area contributed by atoms with E-state index in [2.05, 4.69) is 49.2 Å². The molecule has 1 amide bonds. The van der Waals surface area contributed by atoms with Gasteiger partial charge in [0.25, 0.3) is 0 Å². The lowest BCUT2D eigenvalue weighted by atomic mass is 9.94. The second kappa shape index (κ2) is 29.5. The lowest BCUT2D eigenvalue weighted by Gasteiger charge is -2.45. The average Bonchev–Trinajstić information content (AvgIpc) is 3.31. The molecule has 0 spiro atoms. The van der Waals surface area contributed by atoms with Crippen molar-refractivity contribution in [2.75, 3.05) is 115 Å². The van der Waals surface area contributed by atoms with E-state index in [1.807, 2.05) is 84.6 Å². The number of piperazine rings is 2. The smallest absolute Gasteiger partial charge is 0.236 e. The van der Waals surface area contributed by atoms with Crippen molar-refractivity contribution in [1.29, 1.82) is 0 Å². The van der Waals surface area contributed by atoms with Gasteiger partial charge in [0.1, 0.15) is 0 Å². The number of nitrogens with one attached hydrogen (secondary N) is 1. The standard InChI is InChI=1S/C26H33Cl3N4O.C22H26Cl3N3.C2H2Cl2O.2CH4/c1-30(2)18-26(34)32-11-9-19(10-12-32)16-31-13-14-33(24-8-7-22(28)15-23(24)29)25(17-31)20-3-5-21(27)6-4-20;23-18-3-1-17(2-4-18)22-15-27(14-16-7-9-26-10-8-16)11-12-28(22)21-6-5-19(24)13-20(21)25;3-1-2(4)5;;/h3-8,15,19,25H,9-14,16-18H2,1-2H3;1-6,13,16,22,26H,7-12,14-15H2;1H2;2*1H4/t25-;22-;;;/m00.../s1. The summed E-state index contributed by atoms with van der Waals surface area (Å²) in [6.07, 6.45) is 4.67. The zero-order valence-electron chi connectivity index (χ0n) is 38.1. The maximum Gasteiger partial charge on any atom is 0.236 e. The molecular formula is C52H69Cl8N7O2. The Morgan fingerprint density at radius 1 is 0.580 bits per heavy atom. The van der Waals surface area contributed by atoms with Gasteiger partial charge in [-0.05, 0) is 148 Å². The molecule has 4 aliphatic heterocycles. The Balaban J connectivity index is 0.000000270. The van der Waals surface area contributed by atoms with E-state index in [1.165, 1.54) is 30.5 Å². The van der Waals surface area contributed by atoms with Gasteiger partial charge in [-0.25, -0.2) is 0 Å². The molecule has 4 aliphatic rings. The fraction of sp³-hybridized carbons (Fsp3) is 0.500. The molecular weight excluding hydrogens is 1040 g/mol. The van der Waals surface area contributed by atoms with Crippen LogP contribution in [0, 0.1) is 11.8 Å². The molecule has 17 heteroatoms. The molecule has 4 aromatic rings. The number of nitrogens with zero attached hydrogens (tertiary/aromatic N) is 6. The highest BCUT2D eigenvalue weighted by molar-refractivity contribution is 6.67. The number of carbonyl (C=O) groups is 2. The van der Waals surface area contributed by atoms with Gasteiger partial charge in [0.05, 0.1) is 45.9 Å². The van der Waals surface area contributed by atoms with Crippen molar-refractivity contribution in [3.05, 3.63) is 126 Å². The number of piperidine rings is 2. The molecule has 0 unspecified atom stereocenters. The van der Waals surface area contributed by atoms with Crippen molar-refractivity contribution in [3.8, 4) is 0 Å². The van der Waals surface area contributed by atoms with E-state index in [0.29, 0.717) is 32.6 Å². The Morgan fingerprint density at radius 2 is 0.971 bits per heavy atom. The summed E-state index contributed by atoms with van der Waals surface area (Å²) in [5.74, 6) is 1.54. The van der Waals surface area contributed by atoms with Crippen molar-refractivity contribution in [3.63, 3.8) is 0 Å². The Hall–Kier alpha value is -2.22. The van der Waals surface area contributed by atoms with Gasteiger partial charge in [-0.1, -0.05) is 109 Å². The third kappa shape index (κ3) is 18.0. The summed E-state index contributed by atoms with van der Waals surface area (Å²) in [6.45, 7) is 12.5. The molecule has 0 radical (unpaired) electrons. The van der Waals surface area contributed by atoms with E-state index >= 15 is 0 Å². The highest BCUT2D eigenvalue weighted by atomic mass is 35.5. The maximum atomic E-state index is 12.4. The van der Waals surface area contributed by atoms with E-state index in [-0.39, 0.29) is 38.7 Å². The molecule has 69 heavy (non-hydrogen) atoms. The number of alkyl halides is 1. The van der Waals surface area contributed by atoms with Gasteiger partial charge >= 0.3 is 0 Å². The topological polar surface area (TPSA) is 65.6 Å². The van der Waals surface area contributed by atoms with E-state index < -0.39 is 5.24 Å². The minimum atomic E-state index is -0.508. The Kier molecular flexibility index (Phi) is 25.3. The molecule has 4 heterocycles. The number of hydrogen-bond acceptors (Lipinski definition) is 8. The van der Waals surface area contributed by atoms with Crippen molar-refractivity contribution in [2.24, 2.45) is 11.8 Å². The van der Waals surface area contributed by atoms with Crippen LogP contribution in [0.2, 0.25) is 30.1 Å². The number of halogens is 8. The predicted molar refractivity (Wildman–Crippen MR) is 297 cm³/mol. The van der Waals surface area contributed by atoms with Crippen LogP contribution < -0.4 is 15.1 Å². The van der Waals surface area contributed by atoms with Gasteiger partial charge in [0, 0.05) is 85.5 Å². The first-order chi connectivity index (χ1) is 32.2. The first-order valence-corrected chi connectivity index (χ1v) is 26.1. The molecule has 2 atom stereocenters. The Bertz CT molecular complexity index is 2190. The molecule has 1 N–H and O–H groups in total.